The summed E-state index contributed by atoms with van der Waals surface area (Å²) in [5.74, 6) is -1.29. The molecule has 0 bridgehead atoms. The molecule has 0 saturated carbocycles. The van der Waals surface area contributed by atoms with Gasteiger partial charge in [-0.05, 0) is 6.92 Å². The van der Waals surface area contributed by atoms with Crippen LogP contribution < -0.4 is 10.6 Å². The molecule has 0 radical (unpaired) electrons. The highest BCUT2D eigenvalue weighted by molar-refractivity contribution is 5.82. The molecule has 94 valence electrons. The topological polar surface area (TPSA) is 127 Å². The lowest BCUT2D eigenvalue weighted by Gasteiger charge is -2.16. The maximum Gasteiger partial charge on any atom is 0.328 e. The quantitative estimate of drug-likeness (QED) is 0.462. The Morgan fingerprint density at radius 3 is 2.71 bits per heavy atom. The second-order valence-corrected chi connectivity index (χ2v) is 3.44. The first kappa shape index (κ1) is 13.0. The van der Waals surface area contributed by atoms with Crippen molar-refractivity contribution >= 4 is 12.0 Å². The number of aliphatic hydroxyl groups excluding tert-OH is 1. The van der Waals surface area contributed by atoms with E-state index >= 15 is 0 Å². The van der Waals surface area contributed by atoms with E-state index in [1.807, 2.05) is 0 Å². The number of urea groups is 1. The van der Waals surface area contributed by atoms with Crippen LogP contribution in [0.25, 0.3) is 0 Å². The molecule has 0 fully saturated rings. The fourth-order valence-corrected chi connectivity index (χ4v) is 1.16. The van der Waals surface area contributed by atoms with Gasteiger partial charge < -0.3 is 20.8 Å². The minimum Gasteiger partial charge on any atom is -0.480 e. The highest BCUT2D eigenvalue weighted by atomic mass is 16.4. The molecule has 0 aliphatic carbocycles. The third kappa shape index (κ3) is 3.76. The van der Waals surface area contributed by atoms with Crippen LogP contribution in [0.3, 0.4) is 0 Å². The minimum atomic E-state index is -1.31. The molecule has 0 aliphatic rings. The lowest BCUT2D eigenvalue weighted by atomic mass is 10.2. The fraction of sp³-hybridized carbons (Fsp3) is 0.444. The highest BCUT2D eigenvalue weighted by Gasteiger charge is 2.19. The van der Waals surface area contributed by atoms with Gasteiger partial charge in [0.2, 0.25) is 0 Å². The second-order valence-electron chi connectivity index (χ2n) is 3.44. The van der Waals surface area contributed by atoms with Gasteiger partial charge in [0.25, 0.3) is 0 Å². The van der Waals surface area contributed by atoms with E-state index in [0.29, 0.717) is 0 Å². The Kier molecular flexibility index (Phi) is 4.46. The van der Waals surface area contributed by atoms with Gasteiger partial charge >= 0.3 is 12.0 Å². The molecule has 0 aliphatic heterocycles. The van der Waals surface area contributed by atoms with Gasteiger partial charge in [-0.1, -0.05) is 0 Å². The van der Waals surface area contributed by atoms with Gasteiger partial charge in [0.15, 0.2) is 6.04 Å². The first-order chi connectivity index (χ1) is 8.04. The number of nitrogens with one attached hydrogen (secondary N) is 3. The molecule has 0 spiro atoms. The van der Waals surface area contributed by atoms with Crippen LogP contribution in [0, 0.1) is 0 Å². The Morgan fingerprint density at radius 1 is 1.53 bits per heavy atom. The van der Waals surface area contributed by atoms with E-state index in [2.05, 4.69) is 20.8 Å². The number of H-pyrrole nitrogens is 1. The fourth-order valence-electron chi connectivity index (χ4n) is 1.16. The third-order valence-corrected chi connectivity index (χ3v) is 2.15. The lowest BCUT2D eigenvalue weighted by Crippen LogP contribution is -2.48. The highest BCUT2D eigenvalue weighted by Crippen LogP contribution is 2.08. The SMILES string of the molecule is CC(NC(=O)N[C@H](CO)C(=O)O)c1cn[nH]c1. The summed E-state index contributed by atoms with van der Waals surface area (Å²) in [6.45, 7) is 1.06. The molecule has 2 amide bonds. The van der Waals surface area contributed by atoms with Crippen LogP contribution in [0.15, 0.2) is 12.4 Å². The zero-order chi connectivity index (χ0) is 12.8. The molecule has 1 heterocycles. The zero-order valence-corrected chi connectivity index (χ0v) is 9.17. The van der Waals surface area contributed by atoms with Gasteiger partial charge in [0.05, 0.1) is 18.8 Å². The molecule has 8 heteroatoms. The predicted octanol–water partition coefficient (Wildman–Crippen LogP) is -0.785. The number of nitrogens with zero attached hydrogens (tertiary/aromatic N) is 1. The number of hydrogen-bond acceptors (Lipinski definition) is 4. The lowest BCUT2D eigenvalue weighted by molar-refractivity contribution is -0.140. The number of aliphatic hydroxyl groups is 1. The van der Waals surface area contributed by atoms with E-state index in [1.54, 1.807) is 19.3 Å². The summed E-state index contributed by atoms with van der Waals surface area (Å²) in [5, 5.41) is 28.3. The molecule has 1 aromatic heterocycles. The van der Waals surface area contributed by atoms with Crippen LogP contribution in [-0.4, -0.2) is 45.1 Å². The number of carboxylic acid groups (broad SMARTS) is 1. The molecule has 2 atom stereocenters. The molecule has 0 aromatic carbocycles. The number of hydrogen-bond donors (Lipinski definition) is 5. The summed E-state index contributed by atoms with van der Waals surface area (Å²) in [5.41, 5.74) is 0.760. The smallest absolute Gasteiger partial charge is 0.328 e. The van der Waals surface area contributed by atoms with Crippen molar-refractivity contribution in [1.82, 2.24) is 20.8 Å². The maximum atomic E-state index is 11.4. The number of carbonyl (C=O) groups is 2. The number of carbonyl (C=O) groups excluding carboxylic acids is 1. The Balaban J connectivity index is 2.47. The van der Waals surface area contributed by atoms with Gasteiger partial charge in [0.1, 0.15) is 0 Å². The van der Waals surface area contributed by atoms with Crippen molar-refractivity contribution in [3.63, 3.8) is 0 Å². The molecule has 8 nitrogen and oxygen atoms in total. The molecular weight excluding hydrogens is 228 g/mol. The number of carboxylic acids is 1. The summed E-state index contributed by atoms with van der Waals surface area (Å²) in [4.78, 5) is 22.0. The van der Waals surface area contributed by atoms with E-state index in [1.165, 1.54) is 0 Å². The molecular formula is C9H14N4O4. The van der Waals surface area contributed by atoms with E-state index in [4.69, 9.17) is 10.2 Å². The predicted molar refractivity (Wildman–Crippen MR) is 57.2 cm³/mol. The summed E-state index contributed by atoms with van der Waals surface area (Å²) in [7, 11) is 0. The van der Waals surface area contributed by atoms with Crippen molar-refractivity contribution in [1.29, 1.82) is 0 Å². The summed E-state index contributed by atoms with van der Waals surface area (Å²) < 4.78 is 0. The van der Waals surface area contributed by atoms with Gasteiger partial charge in [0, 0.05) is 11.8 Å². The molecule has 5 N–H and O–H groups in total. The van der Waals surface area contributed by atoms with E-state index < -0.39 is 24.6 Å². The van der Waals surface area contributed by atoms with E-state index in [-0.39, 0.29) is 6.04 Å². The van der Waals surface area contributed by atoms with Crippen molar-refractivity contribution in [2.45, 2.75) is 19.0 Å². The maximum absolute atomic E-state index is 11.4. The molecule has 1 rings (SSSR count). The molecule has 17 heavy (non-hydrogen) atoms. The molecule has 1 unspecified atom stereocenters. The molecule has 1 aromatic rings. The van der Waals surface area contributed by atoms with Crippen LogP contribution in [0.4, 0.5) is 4.79 Å². The van der Waals surface area contributed by atoms with Crippen molar-refractivity contribution in [2.75, 3.05) is 6.61 Å². The average molecular weight is 242 g/mol. The standard InChI is InChI=1S/C9H14N4O4/c1-5(6-2-10-11-3-6)12-9(17)13-7(4-14)8(15)16/h2-3,5,7,14H,4H2,1H3,(H,10,11)(H,15,16)(H2,12,13,17)/t5?,7-/m1/s1. The van der Waals surface area contributed by atoms with Gasteiger partial charge in [-0.3, -0.25) is 5.10 Å². The normalized spacial score (nSPS) is 13.8. The van der Waals surface area contributed by atoms with Crippen LogP contribution in [-0.2, 0) is 4.79 Å². The van der Waals surface area contributed by atoms with Crippen LogP contribution in [0.2, 0.25) is 0 Å². The number of amides is 2. The van der Waals surface area contributed by atoms with E-state index in [0.717, 1.165) is 5.56 Å². The minimum absolute atomic E-state index is 0.318. The first-order valence-corrected chi connectivity index (χ1v) is 4.94. The summed E-state index contributed by atoms with van der Waals surface area (Å²) in [6, 6.07) is -2.30. The number of aromatic nitrogens is 2. The van der Waals surface area contributed by atoms with Gasteiger partial charge in [-0.25, -0.2) is 9.59 Å². The second kappa shape index (κ2) is 5.85. The zero-order valence-electron chi connectivity index (χ0n) is 9.17. The monoisotopic (exact) mass is 242 g/mol. The number of aromatic amines is 1. The van der Waals surface area contributed by atoms with Crippen LogP contribution in [0.1, 0.15) is 18.5 Å². The van der Waals surface area contributed by atoms with Gasteiger partial charge in [-0.15, -0.1) is 0 Å². The number of aliphatic carboxylic acids is 1. The van der Waals surface area contributed by atoms with Crippen molar-refractivity contribution in [2.24, 2.45) is 0 Å². The van der Waals surface area contributed by atoms with Crippen LogP contribution >= 0.6 is 0 Å². The molecule has 0 saturated heterocycles. The summed E-state index contributed by atoms with van der Waals surface area (Å²) in [6.07, 6.45) is 3.16. The third-order valence-electron chi connectivity index (χ3n) is 2.15. The average Bonchev–Trinajstić information content (AvgIpc) is 2.78. The largest absolute Gasteiger partial charge is 0.480 e. The van der Waals surface area contributed by atoms with Crippen LogP contribution in [0.5, 0.6) is 0 Å². The Labute approximate surface area is 97.0 Å². The van der Waals surface area contributed by atoms with Crippen molar-refractivity contribution < 1.29 is 19.8 Å². The van der Waals surface area contributed by atoms with Gasteiger partial charge in [-0.2, -0.15) is 5.10 Å². The number of rotatable bonds is 5. The van der Waals surface area contributed by atoms with Crippen molar-refractivity contribution in [3.8, 4) is 0 Å². The Hall–Kier alpha value is -2.09. The first-order valence-electron chi connectivity index (χ1n) is 4.94. The van der Waals surface area contributed by atoms with E-state index in [9.17, 15) is 9.59 Å². The van der Waals surface area contributed by atoms with Crippen molar-refractivity contribution in [3.05, 3.63) is 18.0 Å². The summed E-state index contributed by atoms with van der Waals surface area (Å²) >= 11 is 0. The Bertz CT molecular complexity index is 378. The Morgan fingerprint density at radius 2 is 2.24 bits per heavy atom.